The summed E-state index contributed by atoms with van der Waals surface area (Å²) < 4.78 is 0. The smallest absolute Gasteiger partial charge is 0.382 e. The molecule has 0 aromatic carbocycles. The number of carbonyl (C=O) groups excluding carboxylic acids is 1. The molecular weight excluding hydrogens is 157 g/mol. The summed E-state index contributed by atoms with van der Waals surface area (Å²) >= 11 is 0. The van der Waals surface area contributed by atoms with E-state index in [2.05, 4.69) is 5.32 Å². The summed E-state index contributed by atoms with van der Waals surface area (Å²) in [5.41, 5.74) is 0. The third-order valence-corrected chi connectivity index (χ3v) is 0.678. The number of nitrogens with zero attached hydrogens (tertiary/aromatic N) is 2. The largest absolute Gasteiger partial charge is 1.00 e. The van der Waals surface area contributed by atoms with Gasteiger partial charge in [0, 0.05) is 7.05 Å². The second-order valence-electron chi connectivity index (χ2n) is 1.18. The third kappa shape index (κ3) is 3.88. The average molecular weight is 161 g/mol. The number of hydrogen-bond donors (Lipinski definition) is 1. The Bertz CT molecular complexity index is 176. The molecule has 1 N–H and O–H groups in total. The van der Waals surface area contributed by atoms with Crippen molar-refractivity contribution in [1.82, 2.24) is 5.32 Å². The average Bonchev–Trinajstić information content (AvgIpc) is 1.90. The van der Waals surface area contributed by atoms with E-state index in [1.807, 2.05) is 0 Å². The van der Waals surface area contributed by atoms with Crippen molar-refractivity contribution in [2.45, 2.75) is 0 Å². The molecule has 0 bridgehead atoms. The molecule has 4 nitrogen and oxygen atoms in total. The van der Waals surface area contributed by atoms with Gasteiger partial charge in [0.05, 0.1) is 0 Å². The molecule has 1 amide bonds. The molecule has 0 spiro atoms. The van der Waals surface area contributed by atoms with E-state index in [1.165, 1.54) is 19.2 Å². The molecular formula is C5H4KN3O. The minimum Gasteiger partial charge on any atom is -0.382 e. The van der Waals surface area contributed by atoms with Crippen molar-refractivity contribution in [3.8, 4) is 12.1 Å². The van der Waals surface area contributed by atoms with Crippen molar-refractivity contribution >= 4 is 5.91 Å². The van der Waals surface area contributed by atoms with Gasteiger partial charge in [-0.1, -0.05) is 18.1 Å². The van der Waals surface area contributed by atoms with Crippen molar-refractivity contribution in [3.05, 3.63) is 5.92 Å². The number of carbonyl (C=O) groups is 1. The van der Waals surface area contributed by atoms with E-state index in [9.17, 15) is 4.79 Å². The Morgan fingerprint density at radius 1 is 1.50 bits per heavy atom. The second-order valence-corrected chi connectivity index (χ2v) is 1.18. The van der Waals surface area contributed by atoms with E-state index in [0.29, 0.717) is 0 Å². The Morgan fingerprint density at radius 3 is 2.00 bits per heavy atom. The zero-order valence-corrected chi connectivity index (χ0v) is 8.93. The van der Waals surface area contributed by atoms with Crippen molar-refractivity contribution < 1.29 is 56.2 Å². The fourth-order valence-electron chi connectivity index (χ4n) is 0.252. The fourth-order valence-corrected chi connectivity index (χ4v) is 0.252. The predicted octanol–water partition coefficient (Wildman–Crippen LogP) is -3.64. The molecule has 0 aliphatic carbocycles. The Labute approximate surface area is 102 Å². The first kappa shape index (κ1) is 12.6. The predicted molar refractivity (Wildman–Crippen MR) is 28.5 cm³/mol. The van der Waals surface area contributed by atoms with Gasteiger partial charge in [-0.3, -0.25) is 0 Å². The maximum atomic E-state index is 10.4. The molecule has 0 aliphatic heterocycles. The Balaban J connectivity index is 0. The van der Waals surface area contributed by atoms with Crippen LogP contribution in [0.25, 0.3) is 0 Å². The van der Waals surface area contributed by atoms with Gasteiger partial charge >= 0.3 is 51.4 Å². The summed E-state index contributed by atoms with van der Waals surface area (Å²) in [4.78, 5) is 10.4. The molecule has 10 heavy (non-hydrogen) atoms. The van der Waals surface area contributed by atoms with E-state index in [4.69, 9.17) is 10.5 Å². The molecule has 0 aromatic heterocycles. The zero-order valence-electron chi connectivity index (χ0n) is 5.80. The van der Waals surface area contributed by atoms with E-state index in [0.717, 1.165) is 0 Å². The van der Waals surface area contributed by atoms with Crippen LogP contribution in [0.15, 0.2) is 0 Å². The van der Waals surface area contributed by atoms with Crippen LogP contribution in [0.4, 0.5) is 0 Å². The first-order valence-corrected chi connectivity index (χ1v) is 2.15. The van der Waals surface area contributed by atoms with Crippen LogP contribution in [0.3, 0.4) is 0 Å². The molecule has 0 aromatic rings. The quantitative estimate of drug-likeness (QED) is 0.318. The molecule has 0 radical (unpaired) electrons. The molecule has 0 heterocycles. The van der Waals surface area contributed by atoms with Crippen LogP contribution >= 0.6 is 0 Å². The van der Waals surface area contributed by atoms with Gasteiger partial charge in [-0.25, -0.2) is 10.5 Å². The SMILES string of the molecule is CNC(=O)[C-](C#N)C#N.[K+]. The Kier molecular flexibility index (Phi) is 8.92. The fraction of sp³-hybridized carbons (Fsp3) is 0.200. The van der Waals surface area contributed by atoms with Gasteiger partial charge in [0.1, 0.15) is 5.91 Å². The van der Waals surface area contributed by atoms with Crippen LogP contribution in [-0.2, 0) is 4.79 Å². The molecule has 0 aliphatic rings. The Morgan fingerprint density at radius 2 is 1.90 bits per heavy atom. The van der Waals surface area contributed by atoms with Gasteiger partial charge < -0.3 is 10.1 Å². The van der Waals surface area contributed by atoms with Crippen LogP contribution in [0, 0.1) is 28.6 Å². The van der Waals surface area contributed by atoms with E-state index < -0.39 is 11.8 Å². The van der Waals surface area contributed by atoms with E-state index >= 15 is 0 Å². The molecule has 0 saturated heterocycles. The van der Waals surface area contributed by atoms with Gasteiger partial charge in [0.15, 0.2) is 0 Å². The molecule has 0 saturated carbocycles. The number of rotatable bonds is 1. The second kappa shape index (κ2) is 7.07. The van der Waals surface area contributed by atoms with Gasteiger partial charge in [-0.05, 0) is 0 Å². The first-order valence-electron chi connectivity index (χ1n) is 2.15. The van der Waals surface area contributed by atoms with Crippen molar-refractivity contribution in [3.63, 3.8) is 0 Å². The van der Waals surface area contributed by atoms with E-state index in [1.54, 1.807) is 0 Å². The summed E-state index contributed by atoms with van der Waals surface area (Å²) in [5, 5.41) is 18.3. The van der Waals surface area contributed by atoms with Crippen LogP contribution in [0.2, 0.25) is 0 Å². The van der Waals surface area contributed by atoms with Crippen molar-refractivity contribution in [2.24, 2.45) is 0 Å². The minimum atomic E-state index is -0.639. The van der Waals surface area contributed by atoms with Gasteiger partial charge in [0.25, 0.3) is 0 Å². The Hall–Kier alpha value is -0.0436. The van der Waals surface area contributed by atoms with Crippen molar-refractivity contribution in [1.29, 1.82) is 10.5 Å². The molecule has 0 rings (SSSR count). The number of hydrogen-bond acceptors (Lipinski definition) is 3. The standard InChI is InChI=1S/C5H4N3O.K/c1-8-5(9)4(2-6)3-7;/h1H3,(H,8,9);/q-1;+1. The summed E-state index contributed by atoms with van der Waals surface area (Å²) in [6, 6.07) is 2.89. The molecule has 5 heteroatoms. The van der Waals surface area contributed by atoms with Crippen LogP contribution < -0.4 is 56.7 Å². The summed E-state index contributed by atoms with van der Waals surface area (Å²) in [6.07, 6.45) is 0. The third-order valence-electron chi connectivity index (χ3n) is 0.678. The molecule has 0 unspecified atom stereocenters. The molecule has 0 atom stereocenters. The maximum Gasteiger partial charge on any atom is 1.00 e. The minimum absolute atomic E-state index is 0. The maximum absolute atomic E-state index is 10.4. The number of nitrogens with one attached hydrogen (secondary N) is 1. The van der Waals surface area contributed by atoms with Gasteiger partial charge in [0.2, 0.25) is 0 Å². The number of nitriles is 2. The topological polar surface area (TPSA) is 76.7 Å². The monoisotopic (exact) mass is 161 g/mol. The van der Waals surface area contributed by atoms with E-state index in [-0.39, 0.29) is 51.4 Å². The van der Waals surface area contributed by atoms with Crippen LogP contribution in [0.5, 0.6) is 0 Å². The van der Waals surface area contributed by atoms with Gasteiger partial charge in [-0.15, -0.1) is 0 Å². The summed E-state index contributed by atoms with van der Waals surface area (Å²) in [5.74, 6) is -1.06. The first-order chi connectivity index (χ1) is 4.26. The summed E-state index contributed by atoms with van der Waals surface area (Å²) in [6.45, 7) is 0. The van der Waals surface area contributed by atoms with Gasteiger partial charge in [-0.2, -0.15) is 0 Å². The normalized spacial score (nSPS) is 5.90. The van der Waals surface area contributed by atoms with Crippen molar-refractivity contribution in [2.75, 3.05) is 7.05 Å². The van der Waals surface area contributed by atoms with Crippen LogP contribution in [-0.4, -0.2) is 13.0 Å². The summed E-state index contributed by atoms with van der Waals surface area (Å²) in [7, 11) is 1.36. The number of amides is 1. The van der Waals surface area contributed by atoms with Crippen LogP contribution in [0.1, 0.15) is 0 Å². The molecule has 0 fully saturated rings. The molecule has 46 valence electrons. The zero-order chi connectivity index (χ0) is 7.28.